The van der Waals surface area contributed by atoms with Crippen LogP contribution in [0.2, 0.25) is 5.02 Å². The van der Waals surface area contributed by atoms with Gasteiger partial charge in [-0.05, 0) is 56.2 Å². The van der Waals surface area contributed by atoms with Crippen molar-refractivity contribution < 1.29 is 32.2 Å². The van der Waals surface area contributed by atoms with Crippen molar-refractivity contribution in [2.45, 2.75) is 38.3 Å². The average Bonchev–Trinajstić information content (AvgIpc) is 2.83. The van der Waals surface area contributed by atoms with Gasteiger partial charge in [-0.2, -0.15) is 13.2 Å². The maximum absolute atomic E-state index is 13.7. The molecule has 2 N–H and O–H groups in total. The number of halogens is 4. The fraction of sp³-hybridized carbons (Fsp3) is 0.308. The summed E-state index contributed by atoms with van der Waals surface area (Å²) in [5, 5.41) is 5.65. The van der Waals surface area contributed by atoms with Crippen molar-refractivity contribution in [2.75, 3.05) is 19.5 Å². The minimum absolute atomic E-state index is 0.0532. The van der Waals surface area contributed by atoms with Crippen LogP contribution in [-0.4, -0.2) is 25.9 Å². The molecule has 1 amide bonds. The van der Waals surface area contributed by atoms with Gasteiger partial charge in [-0.15, -0.1) is 0 Å². The Kier molecular flexibility index (Phi) is 7.04. The number of Topliss-reactive ketones (excluding diaryl/α,β-unsaturated/α-hetero) is 1. The summed E-state index contributed by atoms with van der Waals surface area (Å²) < 4.78 is 50.8. The lowest BCUT2D eigenvalue weighted by molar-refractivity contribution is -0.137. The third-order valence-electron chi connectivity index (χ3n) is 6.31. The summed E-state index contributed by atoms with van der Waals surface area (Å²) in [5.41, 5.74) is 1.17. The van der Waals surface area contributed by atoms with E-state index in [1.165, 1.54) is 14.2 Å². The van der Waals surface area contributed by atoms with Crippen LogP contribution in [0.25, 0.3) is 0 Å². The summed E-state index contributed by atoms with van der Waals surface area (Å²) in [5.74, 6) is -0.714. The molecule has 190 valence electrons. The van der Waals surface area contributed by atoms with Gasteiger partial charge in [0.25, 0.3) is 5.91 Å². The van der Waals surface area contributed by atoms with E-state index in [1.807, 2.05) is 0 Å². The second-order valence-electron chi connectivity index (χ2n) is 8.52. The van der Waals surface area contributed by atoms with Gasteiger partial charge in [0, 0.05) is 34.5 Å². The van der Waals surface area contributed by atoms with Crippen molar-refractivity contribution in [1.82, 2.24) is 5.32 Å². The first kappa shape index (κ1) is 25.6. The Morgan fingerprint density at radius 3 is 2.53 bits per heavy atom. The van der Waals surface area contributed by atoms with Crippen molar-refractivity contribution in [3.05, 3.63) is 75.1 Å². The molecule has 0 radical (unpaired) electrons. The average molecular weight is 521 g/mol. The number of methoxy groups -OCH3 is 2. The number of nitrogens with one attached hydrogen (secondary N) is 2. The molecule has 0 fully saturated rings. The molecule has 10 heteroatoms. The topological polar surface area (TPSA) is 76.7 Å². The highest BCUT2D eigenvalue weighted by Crippen LogP contribution is 2.46. The normalized spacial score (nSPS) is 18.0. The van der Waals surface area contributed by atoms with Gasteiger partial charge in [-0.1, -0.05) is 11.6 Å². The van der Waals surface area contributed by atoms with Crippen LogP contribution in [0.4, 0.5) is 18.9 Å². The van der Waals surface area contributed by atoms with Crippen LogP contribution < -0.4 is 20.1 Å². The summed E-state index contributed by atoms with van der Waals surface area (Å²) in [6.07, 6.45) is -3.01. The van der Waals surface area contributed by atoms with E-state index in [0.717, 1.165) is 18.2 Å². The van der Waals surface area contributed by atoms with Crippen LogP contribution in [0.15, 0.2) is 58.9 Å². The molecule has 2 aliphatic rings. The number of benzene rings is 2. The van der Waals surface area contributed by atoms with Crippen LogP contribution in [0.3, 0.4) is 0 Å². The van der Waals surface area contributed by atoms with Crippen molar-refractivity contribution in [3.8, 4) is 11.5 Å². The molecule has 1 heterocycles. The van der Waals surface area contributed by atoms with Crippen LogP contribution in [0, 0.1) is 0 Å². The molecule has 0 saturated heterocycles. The molecule has 4 rings (SSSR count). The van der Waals surface area contributed by atoms with Gasteiger partial charge in [-0.3, -0.25) is 9.59 Å². The van der Waals surface area contributed by atoms with Crippen LogP contribution >= 0.6 is 11.6 Å². The van der Waals surface area contributed by atoms with E-state index in [0.29, 0.717) is 53.3 Å². The molecule has 1 unspecified atom stereocenters. The number of allylic oxidation sites excluding steroid dienone is 3. The Hall–Kier alpha value is -3.46. The van der Waals surface area contributed by atoms with Crippen molar-refractivity contribution >= 4 is 29.0 Å². The van der Waals surface area contributed by atoms with Gasteiger partial charge in [0.05, 0.1) is 36.4 Å². The molecule has 6 nitrogen and oxygen atoms in total. The van der Waals surface area contributed by atoms with Crippen LogP contribution in [0.5, 0.6) is 11.5 Å². The number of dihydropyridines is 1. The van der Waals surface area contributed by atoms with Gasteiger partial charge in [0.1, 0.15) is 11.5 Å². The van der Waals surface area contributed by atoms with E-state index in [4.69, 9.17) is 21.1 Å². The van der Waals surface area contributed by atoms with E-state index in [-0.39, 0.29) is 22.1 Å². The molecular weight excluding hydrogens is 497 g/mol. The van der Waals surface area contributed by atoms with Gasteiger partial charge in [0.2, 0.25) is 0 Å². The second-order valence-corrected chi connectivity index (χ2v) is 8.93. The monoisotopic (exact) mass is 520 g/mol. The van der Waals surface area contributed by atoms with E-state index in [2.05, 4.69) is 10.6 Å². The Morgan fingerprint density at radius 1 is 1.11 bits per heavy atom. The Balaban J connectivity index is 1.85. The molecule has 1 aliphatic heterocycles. The first-order valence-corrected chi connectivity index (χ1v) is 11.6. The molecular formula is C26H24ClF3N2O4. The highest BCUT2D eigenvalue weighted by atomic mass is 35.5. The van der Waals surface area contributed by atoms with Gasteiger partial charge in [-0.25, -0.2) is 0 Å². The maximum Gasteiger partial charge on any atom is 0.416 e. The van der Waals surface area contributed by atoms with E-state index < -0.39 is 23.6 Å². The van der Waals surface area contributed by atoms with E-state index in [9.17, 15) is 22.8 Å². The minimum atomic E-state index is -4.61. The summed E-state index contributed by atoms with van der Waals surface area (Å²) in [4.78, 5) is 26.8. The molecule has 36 heavy (non-hydrogen) atoms. The van der Waals surface area contributed by atoms with Crippen molar-refractivity contribution in [2.24, 2.45) is 0 Å². The van der Waals surface area contributed by atoms with Crippen LogP contribution in [-0.2, 0) is 15.8 Å². The maximum atomic E-state index is 13.7. The minimum Gasteiger partial charge on any atom is -0.497 e. The number of hydrogen-bond acceptors (Lipinski definition) is 5. The lowest BCUT2D eigenvalue weighted by Gasteiger charge is -2.35. The van der Waals surface area contributed by atoms with E-state index >= 15 is 0 Å². The lowest BCUT2D eigenvalue weighted by atomic mass is 9.74. The number of amides is 1. The summed E-state index contributed by atoms with van der Waals surface area (Å²) in [6.45, 7) is 1.69. The summed E-state index contributed by atoms with van der Waals surface area (Å²) >= 11 is 6.13. The molecule has 1 atom stereocenters. The molecule has 0 spiro atoms. The van der Waals surface area contributed by atoms with E-state index in [1.54, 1.807) is 25.1 Å². The number of anilines is 1. The van der Waals surface area contributed by atoms with Gasteiger partial charge >= 0.3 is 6.18 Å². The number of carbonyl (C=O) groups excluding carboxylic acids is 2. The van der Waals surface area contributed by atoms with Gasteiger partial charge in [0.15, 0.2) is 5.78 Å². The Bertz CT molecular complexity index is 1300. The molecule has 2 aromatic carbocycles. The fourth-order valence-electron chi connectivity index (χ4n) is 4.65. The predicted molar refractivity (Wildman–Crippen MR) is 129 cm³/mol. The second kappa shape index (κ2) is 9.89. The predicted octanol–water partition coefficient (Wildman–Crippen LogP) is 5.98. The van der Waals surface area contributed by atoms with Gasteiger partial charge < -0.3 is 20.1 Å². The first-order chi connectivity index (χ1) is 17.0. The van der Waals surface area contributed by atoms with Crippen molar-refractivity contribution in [1.29, 1.82) is 0 Å². The SMILES string of the molecule is COc1ccc(OC)c(C2C(C(=O)Nc3cc(C(F)(F)F)ccc3Cl)=C(C)NC3=C2C(=O)CCC3)c1. The highest BCUT2D eigenvalue weighted by molar-refractivity contribution is 6.34. The zero-order valence-electron chi connectivity index (χ0n) is 19.8. The molecule has 0 saturated carbocycles. The molecule has 0 bridgehead atoms. The van der Waals surface area contributed by atoms with Crippen LogP contribution in [0.1, 0.15) is 43.2 Å². The molecule has 1 aliphatic carbocycles. The molecule has 0 aromatic heterocycles. The number of carbonyl (C=O) groups is 2. The third kappa shape index (κ3) is 4.80. The zero-order chi connectivity index (χ0) is 26.2. The first-order valence-electron chi connectivity index (χ1n) is 11.2. The number of hydrogen-bond donors (Lipinski definition) is 2. The van der Waals surface area contributed by atoms with Crippen molar-refractivity contribution in [3.63, 3.8) is 0 Å². The fourth-order valence-corrected chi connectivity index (χ4v) is 4.81. The quantitative estimate of drug-likeness (QED) is 0.507. The number of ketones is 1. The standard InChI is InChI=1S/C26H24ClF3N2O4/c1-13-22(25(34)32-19-11-14(26(28,29)30)7-9-17(19)27)23(24-18(31-13)5-4-6-20(24)33)16-12-15(35-2)8-10-21(16)36-3/h7-12,23,31H,4-6H2,1-3H3,(H,32,34). The number of alkyl halides is 3. The number of ether oxygens (including phenoxy) is 2. The Morgan fingerprint density at radius 2 is 1.86 bits per heavy atom. The zero-order valence-corrected chi connectivity index (χ0v) is 20.6. The summed E-state index contributed by atoms with van der Waals surface area (Å²) in [7, 11) is 2.97. The third-order valence-corrected chi connectivity index (χ3v) is 6.64. The largest absolute Gasteiger partial charge is 0.497 e. The smallest absolute Gasteiger partial charge is 0.416 e. The Labute approximate surface area is 211 Å². The molecule has 2 aromatic rings. The lowest BCUT2D eigenvalue weighted by Crippen LogP contribution is -2.35. The summed E-state index contributed by atoms with van der Waals surface area (Å²) in [6, 6.07) is 7.77. The number of rotatable bonds is 5. The highest BCUT2D eigenvalue weighted by Gasteiger charge is 2.40.